The second kappa shape index (κ2) is 8.30. The molecule has 4 nitrogen and oxygen atoms in total. The molecule has 0 amide bonds. The van der Waals surface area contributed by atoms with Gasteiger partial charge in [-0.3, -0.25) is 8.37 Å². The summed E-state index contributed by atoms with van der Waals surface area (Å²) in [5.41, 5.74) is 2.47. The van der Waals surface area contributed by atoms with E-state index in [1.165, 1.54) is 0 Å². The number of fused-ring (bicyclic) bond motifs is 1. The summed E-state index contributed by atoms with van der Waals surface area (Å²) < 4.78 is 23.9. The van der Waals surface area contributed by atoms with Gasteiger partial charge in [-0.25, -0.2) is 0 Å². The van der Waals surface area contributed by atoms with Crippen molar-refractivity contribution >= 4 is 12.3 Å². The van der Waals surface area contributed by atoms with Crippen molar-refractivity contribution in [2.75, 3.05) is 13.2 Å². The van der Waals surface area contributed by atoms with Crippen LogP contribution in [0.2, 0.25) is 0 Å². The van der Waals surface area contributed by atoms with Crippen LogP contribution in [0.1, 0.15) is 16.7 Å². The van der Waals surface area contributed by atoms with Crippen LogP contribution in [0.4, 0.5) is 0 Å². The molecule has 0 saturated carbocycles. The lowest BCUT2D eigenvalue weighted by Crippen LogP contribution is -2.39. The maximum absolute atomic E-state index is 6.81. The van der Waals surface area contributed by atoms with E-state index in [-0.39, 0.29) is 18.3 Å². The first kappa shape index (κ1) is 18.9. The fraction of sp³-hybridized carbons (Fsp3) is 0.250. The predicted octanol–water partition coefficient (Wildman–Crippen LogP) is 4.74. The molecular formula is C24H22O4S. The molecular weight excluding hydrogens is 384 g/mol. The molecule has 3 aromatic carbocycles. The Morgan fingerprint density at radius 1 is 0.759 bits per heavy atom. The smallest absolute Gasteiger partial charge is 0.159 e. The molecule has 2 heterocycles. The van der Waals surface area contributed by atoms with Gasteiger partial charge in [0.2, 0.25) is 0 Å². The van der Waals surface area contributed by atoms with Crippen LogP contribution in [0.3, 0.4) is 0 Å². The largest absolute Gasteiger partial charge is 0.370 e. The minimum absolute atomic E-state index is 0.0341. The highest BCUT2D eigenvalue weighted by Gasteiger charge is 2.46. The number of ether oxygens (including phenoxy) is 2. The molecule has 0 aliphatic carbocycles. The van der Waals surface area contributed by atoms with E-state index in [1.54, 1.807) is 0 Å². The lowest BCUT2D eigenvalue weighted by atomic mass is 9.80. The van der Waals surface area contributed by atoms with Crippen molar-refractivity contribution in [3.8, 4) is 0 Å². The van der Waals surface area contributed by atoms with Crippen LogP contribution in [0.25, 0.3) is 0 Å². The highest BCUT2D eigenvalue weighted by molar-refractivity contribution is 7.90. The summed E-state index contributed by atoms with van der Waals surface area (Å²) >= 11 is 1.06. The van der Waals surface area contributed by atoms with Crippen LogP contribution in [-0.4, -0.2) is 31.5 Å². The summed E-state index contributed by atoms with van der Waals surface area (Å²) in [7, 11) is 0. The first-order valence-electron chi connectivity index (χ1n) is 9.79. The average molecular weight is 407 g/mol. The van der Waals surface area contributed by atoms with Crippen molar-refractivity contribution in [1.82, 2.24) is 0 Å². The SMILES string of the molecule is c1ccc(C(OCC2OCC3OSO[C@H]23)(c2ccccc2)c2ccccc2)cc1. The Hall–Kier alpha value is -2.15. The maximum atomic E-state index is 6.81. The van der Waals surface area contributed by atoms with Gasteiger partial charge in [0.25, 0.3) is 0 Å². The van der Waals surface area contributed by atoms with Crippen molar-refractivity contribution in [3.63, 3.8) is 0 Å². The van der Waals surface area contributed by atoms with Gasteiger partial charge in [0.05, 0.1) is 13.2 Å². The topological polar surface area (TPSA) is 36.9 Å². The normalized spacial score (nSPS) is 23.8. The molecule has 0 spiro atoms. The summed E-state index contributed by atoms with van der Waals surface area (Å²) in [5.74, 6) is 0. The molecule has 2 aliphatic heterocycles. The molecule has 2 aliphatic rings. The Labute approximate surface area is 175 Å². The first-order valence-corrected chi connectivity index (χ1v) is 10.5. The van der Waals surface area contributed by atoms with E-state index < -0.39 is 5.60 Å². The third kappa shape index (κ3) is 3.50. The zero-order chi connectivity index (χ0) is 19.5. The van der Waals surface area contributed by atoms with Gasteiger partial charge in [0, 0.05) is 0 Å². The zero-order valence-electron chi connectivity index (χ0n) is 15.8. The Balaban J connectivity index is 1.58. The fourth-order valence-corrected chi connectivity index (χ4v) is 4.74. The van der Waals surface area contributed by atoms with E-state index in [1.807, 2.05) is 54.6 Å². The Morgan fingerprint density at radius 2 is 1.28 bits per heavy atom. The highest BCUT2D eigenvalue weighted by atomic mass is 32.2. The van der Waals surface area contributed by atoms with E-state index >= 15 is 0 Å². The van der Waals surface area contributed by atoms with Crippen molar-refractivity contribution in [2.45, 2.75) is 23.9 Å². The van der Waals surface area contributed by atoms with Crippen LogP contribution < -0.4 is 0 Å². The Bertz CT molecular complexity index is 823. The van der Waals surface area contributed by atoms with E-state index in [2.05, 4.69) is 36.4 Å². The summed E-state index contributed by atoms with van der Waals surface area (Å²) in [6.45, 7) is 0.921. The van der Waals surface area contributed by atoms with Crippen LogP contribution >= 0.6 is 12.3 Å². The van der Waals surface area contributed by atoms with Crippen LogP contribution in [0.15, 0.2) is 91.0 Å². The van der Waals surface area contributed by atoms with E-state index in [4.69, 9.17) is 17.8 Å². The summed E-state index contributed by atoms with van der Waals surface area (Å²) in [6, 6.07) is 31.0. The van der Waals surface area contributed by atoms with Crippen molar-refractivity contribution in [1.29, 1.82) is 0 Å². The molecule has 148 valence electrons. The van der Waals surface area contributed by atoms with Crippen molar-refractivity contribution in [3.05, 3.63) is 108 Å². The summed E-state index contributed by atoms with van der Waals surface area (Å²) in [6.07, 6.45) is -0.321. The Kier molecular flexibility index (Phi) is 5.40. The number of rotatable bonds is 6. The minimum atomic E-state index is -0.752. The molecule has 0 radical (unpaired) electrons. The molecule has 29 heavy (non-hydrogen) atoms. The minimum Gasteiger partial charge on any atom is -0.370 e. The van der Waals surface area contributed by atoms with Crippen molar-refractivity contribution in [2.24, 2.45) is 0 Å². The lowest BCUT2D eigenvalue weighted by Gasteiger charge is -2.37. The van der Waals surface area contributed by atoms with E-state index in [0.29, 0.717) is 13.2 Å². The molecule has 5 rings (SSSR count). The quantitative estimate of drug-likeness (QED) is 0.437. The number of benzene rings is 3. The van der Waals surface area contributed by atoms with Gasteiger partial charge < -0.3 is 9.47 Å². The van der Waals surface area contributed by atoms with Gasteiger partial charge in [-0.05, 0) is 16.7 Å². The van der Waals surface area contributed by atoms with Gasteiger partial charge in [0.15, 0.2) is 12.3 Å². The van der Waals surface area contributed by atoms with Gasteiger partial charge in [0.1, 0.15) is 23.9 Å². The van der Waals surface area contributed by atoms with Gasteiger partial charge in [-0.2, -0.15) is 0 Å². The van der Waals surface area contributed by atoms with Gasteiger partial charge >= 0.3 is 0 Å². The molecule has 5 heteroatoms. The molecule has 0 aromatic heterocycles. The second-order valence-electron chi connectivity index (χ2n) is 7.23. The molecule has 2 unspecified atom stereocenters. The monoisotopic (exact) mass is 406 g/mol. The molecule has 3 aromatic rings. The number of hydrogen-bond acceptors (Lipinski definition) is 5. The third-order valence-corrected chi connectivity index (χ3v) is 6.15. The average Bonchev–Trinajstić information content (AvgIpc) is 3.41. The highest BCUT2D eigenvalue weighted by Crippen LogP contribution is 2.42. The van der Waals surface area contributed by atoms with Gasteiger partial charge in [-0.1, -0.05) is 91.0 Å². The summed E-state index contributed by atoms with van der Waals surface area (Å²) in [5, 5.41) is 0. The molecule has 0 bridgehead atoms. The van der Waals surface area contributed by atoms with Crippen LogP contribution in [0, 0.1) is 0 Å². The maximum Gasteiger partial charge on any atom is 0.159 e. The predicted molar refractivity (Wildman–Crippen MR) is 112 cm³/mol. The van der Waals surface area contributed by atoms with E-state index in [0.717, 1.165) is 29.0 Å². The van der Waals surface area contributed by atoms with Crippen molar-refractivity contribution < 1.29 is 17.8 Å². The third-order valence-electron chi connectivity index (χ3n) is 5.53. The first-order chi connectivity index (χ1) is 14.4. The Morgan fingerprint density at radius 3 is 1.79 bits per heavy atom. The van der Waals surface area contributed by atoms with Crippen LogP contribution in [-0.2, 0) is 23.4 Å². The zero-order valence-corrected chi connectivity index (χ0v) is 16.7. The molecule has 2 saturated heterocycles. The molecule has 0 N–H and O–H groups in total. The summed E-state index contributed by atoms with van der Waals surface area (Å²) in [4.78, 5) is 0. The van der Waals surface area contributed by atoms with E-state index in [9.17, 15) is 0 Å². The lowest BCUT2D eigenvalue weighted by molar-refractivity contribution is -0.0632. The fourth-order valence-electron chi connectivity index (χ4n) is 4.09. The van der Waals surface area contributed by atoms with Gasteiger partial charge in [-0.15, -0.1) is 0 Å². The number of hydrogen-bond donors (Lipinski definition) is 0. The standard InChI is InChI=1S/C24H22O4S/c1-4-10-18(11-5-1)24(19-12-6-2-7-13-19,20-14-8-3-9-15-20)26-17-21-23-22(16-25-21)27-29-28-23/h1-15,21-23H,16-17H2/t21?,22?,23-/m1/s1. The molecule has 2 fully saturated rings. The molecule has 3 atom stereocenters. The van der Waals surface area contributed by atoms with Crippen LogP contribution in [0.5, 0.6) is 0 Å². The second-order valence-corrected chi connectivity index (χ2v) is 7.75.